The lowest BCUT2D eigenvalue weighted by atomic mass is 9.88. The first-order valence-corrected chi connectivity index (χ1v) is 9.68. The summed E-state index contributed by atoms with van der Waals surface area (Å²) >= 11 is 0. The summed E-state index contributed by atoms with van der Waals surface area (Å²) in [6.07, 6.45) is 1.86. The van der Waals surface area contributed by atoms with Gasteiger partial charge in [0.05, 0.1) is 11.7 Å². The number of aryl methyl sites for hydroxylation is 2. The van der Waals surface area contributed by atoms with Gasteiger partial charge in [-0.15, -0.1) is 0 Å². The average molecular weight is 367 g/mol. The van der Waals surface area contributed by atoms with Crippen LogP contribution in [0.1, 0.15) is 22.9 Å². The molecule has 0 spiro atoms. The van der Waals surface area contributed by atoms with E-state index in [0.29, 0.717) is 11.8 Å². The average Bonchev–Trinajstić information content (AvgIpc) is 3.30. The molecule has 1 aromatic heterocycles. The molecule has 3 heterocycles. The highest BCUT2D eigenvalue weighted by Crippen LogP contribution is 2.46. The molecule has 2 aliphatic rings. The summed E-state index contributed by atoms with van der Waals surface area (Å²) in [5.41, 5.74) is 3.80. The molecule has 0 radical (unpaired) electrons. The quantitative estimate of drug-likeness (QED) is 0.837. The van der Waals surface area contributed by atoms with Crippen LogP contribution < -0.4 is 0 Å². The van der Waals surface area contributed by atoms with Gasteiger partial charge in [-0.1, -0.05) is 24.3 Å². The third kappa shape index (κ3) is 3.23. The Hall–Kier alpha value is -2.34. The van der Waals surface area contributed by atoms with E-state index in [9.17, 15) is 4.79 Å². The summed E-state index contributed by atoms with van der Waals surface area (Å²) < 4.78 is 1.95. The fourth-order valence-electron chi connectivity index (χ4n) is 4.82. The molecule has 0 unspecified atom stereocenters. The molecule has 2 saturated heterocycles. The van der Waals surface area contributed by atoms with Crippen molar-refractivity contribution in [2.24, 2.45) is 18.9 Å². The molecular formula is C21H29N5O. The maximum Gasteiger partial charge on any atom is 0.320 e. The molecule has 4 rings (SSSR count). The third-order valence-corrected chi connectivity index (χ3v) is 6.18. The van der Waals surface area contributed by atoms with Crippen LogP contribution in [0.25, 0.3) is 0 Å². The molecule has 2 aliphatic heterocycles. The van der Waals surface area contributed by atoms with E-state index in [0.717, 1.165) is 26.2 Å². The zero-order valence-electron chi connectivity index (χ0n) is 16.7. The van der Waals surface area contributed by atoms with Crippen molar-refractivity contribution < 1.29 is 4.79 Å². The molecule has 2 aromatic rings. The lowest BCUT2D eigenvalue weighted by Gasteiger charge is -2.32. The van der Waals surface area contributed by atoms with Gasteiger partial charge >= 0.3 is 6.03 Å². The van der Waals surface area contributed by atoms with Crippen molar-refractivity contribution in [3.8, 4) is 0 Å². The summed E-state index contributed by atoms with van der Waals surface area (Å²) in [4.78, 5) is 19.2. The molecule has 0 N–H and O–H groups in total. The Kier molecular flexibility index (Phi) is 4.68. The second-order valence-electron chi connectivity index (χ2n) is 8.19. The van der Waals surface area contributed by atoms with Crippen molar-refractivity contribution in [2.45, 2.75) is 19.5 Å². The fraction of sp³-hybridized carbons (Fsp3) is 0.524. The zero-order valence-corrected chi connectivity index (χ0v) is 16.7. The number of carbonyl (C=O) groups is 1. The van der Waals surface area contributed by atoms with Gasteiger partial charge in [-0.25, -0.2) is 4.79 Å². The monoisotopic (exact) mass is 367 g/mol. The highest BCUT2D eigenvalue weighted by atomic mass is 16.2. The van der Waals surface area contributed by atoms with Crippen LogP contribution in [-0.4, -0.2) is 64.2 Å². The van der Waals surface area contributed by atoms with Crippen LogP contribution >= 0.6 is 0 Å². The second kappa shape index (κ2) is 7.00. The first-order chi connectivity index (χ1) is 13.0. The van der Waals surface area contributed by atoms with Gasteiger partial charge < -0.3 is 9.80 Å². The van der Waals surface area contributed by atoms with E-state index in [2.05, 4.69) is 52.2 Å². The number of fused-ring (bicyclic) bond motifs is 1. The number of likely N-dealkylation sites (tertiary alicyclic amines) is 2. The van der Waals surface area contributed by atoms with Crippen LogP contribution in [0.5, 0.6) is 0 Å². The summed E-state index contributed by atoms with van der Waals surface area (Å²) in [6.45, 7) is 5.97. The van der Waals surface area contributed by atoms with Crippen LogP contribution in [0.3, 0.4) is 0 Å². The molecule has 0 aliphatic carbocycles. The number of rotatable bonds is 3. The van der Waals surface area contributed by atoms with Gasteiger partial charge in [0, 0.05) is 59.4 Å². The third-order valence-electron chi connectivity index (χ3n) is 6.18. The summed E-state index contributed by atoms with van der Waals surface area (Å²) in [7, 11) is 5.69. The topological polar surface area (TPSA) is 44.6 Å². The number of urea groups is 1. The number of carbonyl (C=O) groups excluding carboxylic acids is 1. The van der Waals surface area contributed by atoms with Gasteiger partial charge in [0.25, 0.3) is 0 Å². The zero-order chi connectivity index (χ0) is 19.1. The first-order valence-electron chi connectivity index (χ1n) is 9.68. The van der Waals surface area contributed by atoms with Crippen molar-refractivity contribution in [1.29, 1.82) is 0 Å². The van der Waals surface area contributed by atoms with Crippen molar-refractivity contribution in [3.63, 3.8) is 0 Å². The highest BCUT2D eigenvalue weighted by Gasteiger charge is 2.49. The molecule has 0 bridgehead atoms. The SMILES string of the molecule is Cc1ccccc1[C@H]1[C@@H]2CN(Cc3ccnn3C)C[C@@H]2CN1C(=O)N(C)C. The van der Waals surface area contributed by atoms with Gasteiger partial charge in [-0.05, 0) is 30.0 Å². The number of aromatic nitrogens is 2. The second-order valence-corrected chi connectivity index (χ2v) is 8.19. The lowest BCUT2D eigenvalue weighted by Crippen LogP contribution is -2.41. The van der Waals surface area contributed by atoms with E-state index in [1.165, 1.54) is 16.8 Å². The van der Waals surface area contributed by atoms with Crippen molar-refractivity contribution in [2.75, 3.05) is 33.7 Å². The number of hydrogen-bond acceptors (Lipinski definition) is 3. The van der Waals surface area contributed by atoms with Crippen molar-refractivity contribution in [1.82, 2.24) is 24.5 Å². The minimum atomic E-state index is 0.121. The van der Waals surface area contributed by atoms with Gasteiger partial charge in [-0.2, -0.15) is 5.10 Å². The van der Waals surface area contributed by atoms with Gasteiger partial charge in [0.2, 0.25) is 0 Å². The normalized spacial score (nSPS) is 25.0. The molecule has 144 valence electrons. The van der Waals surface area contributed by atoms with E-state index in [4.69, 9.17) is 0 Å². The molecule has 6 nitrogen and oxygen atoms in total. The van der Waals surface area contributed by atoms with Crippen LogP contribution in [0.15, 0.2) is 36.5 Å². The Balaban J connectivity index is 1.60. The minimum Gasteiger partial charge on any atom is -0.331 e. The standard InChI is InChI=1S/C21H29N5O/c1-15-7-5-6-8-18(15)20-19-14-25(13-17-9-10-22-24(17)4)11-16(19)12-26(20)21(27)23(2)3/h5-10,16,19-20H,11-14H2,1-4H3/t16-,19-,20+/m1/s1. The first kappa shape index (κ1) is 18.0. The predicted molar refractivity (Wildman–Crippen MR) is 105 cm³/mol. The molecule has 2 amide bonds. The number of nitrogens with zero attached hydrogens (tertiary/aromatic N) is 5. The molecule has 6 heteroatoms. The maximum atomic E-state index is 12.9. The molecule has 0 saturated carbocycles. The highest BCUT2D eigenvalue weighted by molar-refractivity contribution is 5.75. The van der Waals surface area contributed by atoms with Crippen LogP contribution in [0, 0.1) is 18.8 Å². The maximum absolute atomic E-state index is 12.9. The van der Waals surface area contributed by atoms with Gasteiger partial charge in [0.15, 0.2) is 0 Å². The Morgan fingerprint density at radius 2 is 1.96 bits per heavy atom. The van der Waals surface area contributed by atoms with Crippen LogP contribution in [-0.2, 0) is 13.6 Å². The minimum absolute atomic E-state index is 0.121. The summed E-state index contributed by atoms with van der Waals surface area (Å²) in [5.74, 6) is 0.995. The van der Waals surface area contributed by atoms with E-state index < -0.39 is 0 Å². The molecule has 3 atom stereocenters. The Morgan fingerprint density at radius 3 is 2.63 bits per heavy atom. The molecule has 2 fully saturated rings. The van der Waals surface area contributed by atoms with Crippen molar-refractivity contribution >= 4 is 6.03 Å². The van der Waals surface area contributed by atoms with E-state index in [1.54, 1.807) is 4.90 Å². The smallest absolute Gasteiger partial charge is 0.320 e. The van der Waals surface area contributed by atoms with E-state index in [1.807, 2.05) is 32.0 Å². The van der Waals surface area contributed by atoms with Crippen molar-refractivity contribution in [3.05, 3.63) is 53.3 Å². The Labute approximate surface area is 161 Å². The molecule has 27 heavy (non-hydrogen) atoms. The van der Waals surface area contributed by atoms with Crippen LogP contribution in [0.2, 0.25) is 0 Å². The summed E-state index contributed by atoms with van der Waals surface area (Å²) in [5, 5.41) is 4.29. The lowest BCUT2D eigenvalue weighted by molar-refractivity contribution is 0.151. The Morgan fingerprint density at radius 1 is 1.19 bits per heavy atom. The Bertz CT molecular complexity index is 829. The molecule has 1 aromatic carbocycles. The molecular weight excluding hydrogens is 338 g/mol. The predicted octanol–water partition coefficient (Wildman–Crippen LogP) is 2.52. The summed E-state index contributed by atoms with van der Waals surface area (Å²) in [6, 6.07) is 10.9. The number of hydrogen-bond donors (Lipinski definition) is 0. The van der Waals surface area contributed by atoms with E-state index >= 15 is 0 Å². The largest absolute Gasteiger partial charge is 0.331 e. The van der Waals surface area contributed by atoms with Gasteiger partial charge in [-0.3, -0.25) is 9.58 Å². The number of benzene rings is 1. The fourth-order valence-corrected chi connectivity index (χ4v) is 4.82. The van der Waals surface area contributed by atoms with Crippen LogP contribution in [0.4, 0.5) is 4.79 Å². The van der Waals surface area contributed by atoms with E-state index in [-0.39, 0.29) is 12.1 Å². The number of amides is 2. The van der Waals surface area contributed by atoms with Gasteiger partial charge in [0.1, 0.15) is 0 Å².